The highest BCUT2D eigenvalue weighted by Gasteiger charge is 2.28. The Kier molecular flexibility index (Phi) is 8.80. The van der Waals surface area contributed by atoms with Crippen LogP contribution in [0.3, 0.4) is 0 Å². The Morgan fingerprint density at radius 1 is 1.29 bits per heavy atom. The van der Waals surface area contributed by atoms with Crippen molar-refractivity contribution in [3.8, 4) is 0 Å². The monoisotopic (exact) mass is 477 g/mol. The predicted octanol–water partition coefficient (Wildman–Crippen LogP) is 4.05. The predicted molar refractivity (Wildman–Crippen MR) is 142 cm³/mol. The molecular weight excluding hydrogens is 446 g/mol. The van der Waals surface area contributed by atoms with E-state index in [1.54, 1.807) is 37.8 Å². The molecule has 0 spiro atoms. The zero-order valence-electron chi connectivity index (χ0n) is 20.1. The Morgan fingerprint density at radius 3 is 2.71 bits per heavy atom. The molecule has 0 aliphatic heterocycles. The Labute approximate surface area is 203 Å². The Morgan fingerprint density at radius 2 is 2.06 bits per heavy atom. The van der Waals surface area contributed by atoms with E-state index in [0.717, 1.165) is 38.4 Å². The van der Waals surface area contributed by atoms with Crippen molar-refractivity contribution < 1.29 is 0 Å². The van der Waals surface area contributed by atoms with Crippen LogP contribution < -0.4 is 11.2 Å². The highest BCUT2D eigenvalue weighted by molar-refractivity contribution is 7.16. The third-order valence-corrected chi connectivity index (χ3v) is 6.11. The van der Waals surface area contributed by atoms with Gasteiger partial charge < -0.3 is 11.2 Å². The van der Waals surface area contributed by atoms with Crippen molar-refractivity contribution in [1.82, 2.24) is 30.2 Å². The van der Waals surface area contributed by atoms with Crippen LogP contribution in [0.4, 0.5) is 0 Å². The van der Waals surface area contributed by atoms with Crippen LogP contribution in [0.25, 0.3) is 21.4 Å². The first kappa shape index (κ1) is 25.0. The minimum Gasteiger partial charge on any atom is -0.404 e. The lowest BCUT2D eigenvalue weighted by atomic mass is 10.0. The molecule has 3 heterocycles. The van der Waals surface area contributed by atoms with Gasteiger partial charge in [0.2, 0.25) is 4.96 Å². The molecule has 0 unspecified atom stereocenters. The molecule has 5 rings (SSSR count). The van der Waals surface area contributed by atoms with E-state index in [0.29, 0.717) is 12.3 Å². The minimum absolute atomic E-state index is 0.626. The summed E-state index contributed by atoms with van der Waals surface area (Å²) in [7, 11) is 3.43. The van der Waals surface area contributed by atoms with Crippen molar-refractivity contribution >= 4 is 45.7 Å². The van der Waals surface area contributed by atoms with Crippen molar-refractivity contribution in [1.29, 1.82) is 0 Å². The number of allylic oxidation sites excluding steroid dienone is 1. The normalized spacial score (nSPS) is 13.4. The van der Waals surface area contributed by atoms with Crippen LogP contribution in [0.1, 0.15) is 54.6 Å². The van der Waals surface area contributed by atoms with E-state index in [1.165, 1.54) is 17.8 Å². The lowest BCUT2D eigenvalue weighted by molar-refractivity contribution is 0.824. The van der Waals surface area contributed by atoms with Gasteiger partial charge in [0.05, 0.1) is 5.52 Å². The number of rotatable bonds is 6. The Balaban J connectivity index is 0.000000492. The molecule has 0 atom stereocenters. The third kappa shape index (κ3) is 5.82. The summed E-state index contributed by atoms with van der Waals surface area (Å²) in [5, 5.41) is 18.8. The van der Waals surface area contributed by atoms with Gasteiger partial charge in [-0.2, -0.15) is 14.7 Å². The largest absolute Gasteiger partial charge is 0.404 e. The smallest absolute Gasteiger partial charge is 0.234 e. The van der Waals surface area contributed by atoms with Crippen molar-refractivity contribution in [3.63, 3.8) is 0 Å². The van der Waals surface area contributed by atoms with Gasteiger partial charge in [-0.15, -0.1) is 10.2 Å². The molecule has 3 aromatic heterocycles. The van der Waals surface area contributed by atoms with Gasteiger partial charge in [0.1, 0.15) is 5.01 Å². The number of nitrogens with two attached hydrogens (primary N) is 1. The number of nitrogens with one attached hydrogen (secondary N) is 1. The molecule has 9 nitrogen and oxygen atoms in total. The molecule has 178 valence electrons. The lowest BCUT2D eigenvalue weighted by Gasteiger charge is -2.05. The SMILES string of the molecule is C=NNC.CC.CN=C/C(=C\N)c1cnc2ccc(Cc3nnc4sc(C5CC5)nn34)cc2c1. The van der Waals surface area contributed by atoms with Crippen LogP contribution in [0.2, 0.25) is 0 Å². The summed E-state index contributed by atoms with van der Waals surface area (Å²) in [6, 6.07) is 8.33. The molecule has 1 aromatic carbocycles. The first-order chi connectivity index (χ1) is 16.7. The van der Waals surface area contributed by atoms with Crippen molar-refractivity contribution in [2.75, 3.05) is 14.1 Å². The molecule has 0 saturated heterocycles. The van der Waals surface area contributed by atoms with Crippen LogP contribution in [-0.4, -0.2) is 51.8 Å². The van der Waals surface area contributed by atoms with Gasteiger partial charge in [-0.3, -0.25) is 9.98 Å². The van der Waals surface area contributed by atoms with Gasteiger partial charge in [0, 0.05) is 68.3 Å². The zero-order valence-corrected chi connectivity index (χ0v) is 20.9. The Hall–Kier alpha value is -3.66. The number of aromatic nitrogens is 5. The van der Waals surface area contributed by atoms with E-state index in [4.69, 9.17) is 10.8 Å². The quantitative estimate of drug-likeness (QED) is 0.319. The standard InChI is InChI=1S/C20H19N7S.C2H6N2.C2H6/c1-22-10-16(9-21)15-8-14-6-12(2-5-17(14)23-11-15)7-18-24-25-20-27(18)26-19(28-20)13-3-4-13;1-3-4-2;1-2/h2,5-6,8-11,13H,3-4,7,21H2,1H3;4H,1H2,2H3;1-2H3/b16-9+,22-10?;;. The summed E-state index contributed by atoms with van der Waals surface area (Å²) in [4.78, 5) is 9.47. The van der Waals surface area contributed by atoms with Gasteiger partial charge in [-0.05, 0) is 36.6 Å². The molecular formula is C24H31N9S. The second-order valence-electron chi connectivity index (χ2n) is 7.34. The molecule has 1 saturated carbocycles. The van der Waals surface area contributed by atoms with Crippen LogP contribution in [0.15, 0.2) is 46.8 Å². The van der Waals surface area contributed by atoms with Gasteiger partial charge in [0.25, 0.3) is 0 Å². The molecule has 1 fully saturated rings. The number of aliphatic imine (C=N–C) groups is 1. The second-order valence-corrected chi connectivity index (χ2v) is 8.33. The van der Waals surface area contributed by atoms with Gasteiger partial charge in [0.15, 0.2) is 5.82 Å². The van der Waals surface area contributed by atoms with E-state index in [9.17, 15) is 0 Å². The highest BCUT2D eigenvalue weighted by atomic mass is 32.1. The summed E-state index contributed by atoms with van der Waals surface area (Å²) < 4.78 is 1.89. The molecule has 3 N–H and O–H groups in total. The molecule has 0 radical (unpaired) electrons. The first-order valence-corrected chi connectivity index (χ1v) is 12.0. The highest BCUT2D eigenvalue weighted by Crippen LogP contribution is 2.41. The van der Waals surface area contributed by atoms with E-state index in [-0.39, 0.29) is 0 Å². The molecule has 0 amide bonds. The molecule has 4 aromatic rings. The molecule has 34 heavy (non-hydrogen) atoms. The number of fused-ring (bicyclic) bond motifs is 2. The van der Waals surface area contributed by atoms with Crippen molar-refractivity contribution in [2.45, 2.75) is 39.0 Å². The number of benzene rings is 1. The van der Waals surface area contributed by atoms with Gasteiger partial charge in [-0.1, -0.05) is 31.3 Å². The number of hydrogen-bond donors (Lipinski definition) is 2. The zero-order chi connectivity index (χ0) is 24.5. The van der Waals surface area contributed by atoms with Crippen LogP contribution in [-0.2, 0) is 6.42 Å². The van der Waals surface area contributed by atoms with Gasteiger partial charge >= 0.3 is 0 Å². The van der Waals surface area contributed by atoms with E-state index >= 15 is 0 Å². The topological polar surface area (TPSA) is 119 Å². The fraction of sp³-hybridized carbons (Fsp3) is 0.333. The van der Waals surface area contributed by atoms with Crippen LogP contribution in [0.5, 0.6) is 0 Å². The first-order valence-electron chi connectivity index (χ1n) is 11.2. The third-order valence-electron chi connectivity index (χ3n) is 5.04. The summed E-state index contributed by atoms with van der Waals surface area (Å²) >= 11 is 1.65. The van der Waals surface area contributed by atoms with Crippen LogP contribution >= 0.6 is 11.3 Å². The maximum atomic E-state index is 5.73. The fourth-order valence-corrected chi connectivity index (χ4v) is 4.29. The van der Waals surface area contributed by atoms with Crippen molar-refractivity contribution in [2.24, 2.45) is 15.8 Å². The van der Waals surface area contributed by atoms with E-state index in [2.05, 4.69) is 55.6 Å². The fourth-order valence-electron chi connectivity index (χ4n) is 3.26. The molecule has 0 bridgehead atoms. The maximum Gasteiger partial charge on any atom is 0.234 e. The van der Waals surface area contributed by atoms with Crippen molar-refractivity contribution in [3.05, 3.63) is 58.6 Å². The van der Waals surface area contributed by atoms with Gasteiger partial charge in [-0.25, -0.2) is 0 Å². The molecule has 10 heteroatoms. The Bertz CT molecular complexity index is 1300. The average Bonchev–Trinajstić information content (AvgIpc) is 3.55. The molecule has 1 aliphatic rings. The van der Waals surface area contributed by atoms with E-state index in [1.807, 2.05) is 30.6 Å². The molecule has 1 aliphatic carbocycles. The summed E-state index contributed by atoms with van der Waals surface area (Å²) in [5.74, 6) is 1.49. The van der Waals surface area contributed by atoms with Crippen LogP contribution in [0, 0.1) is 0 Å². The number of hydrazone groups is 1. The number of hydrogen-bond acceptors (Lipinski definition) is 9. The summed E-state index contributed by atoms with van der Waals surface area (Å²) in [5.41, 5.74) is 12.0. The van der Waals surface area contributed by atoms with E-state index < -0.39 is 0 Å². The second kappa shape index (κ2) is 12.0. The summed E-state index contributed by atoms with van der Waals surface area (Å²) in [6.07, 6.45) is 8.25. The number of pyridine rings is 1. The number of nitrogens with zero attached hydrogens (tertiary/aromatic N) is 7. The summed E-state index contributed by atoms with van der Waals surface area (Å²) in [6.45, 7) is 7.12. The maximum absolute atomic E-state index is 5.73. The average molecular weight is 478 g/mol. The lowest BCUT2D eigenvalue weighted by Crippen LogP contribution is -1.99. The minimum atomic E-state index is 0.626.